The van der Waals surface area contributed by atoms with Crippen LogP contribution in [0.5, 0.6) is 0 Å². The van der Waals surface area contributed by atoms with Crippen molar-refractivity contribution in [2.24, 2.45) is 0 Å². The van der Waals surface area contributed by atoms with Crippen LogP contribution in [-0.2, 0) is 6.54 Å². The lowest BCUT2D eigenvalue weighted by molar-refractivity contribution is 0.573. The van der Waals surface area contributed by atoms with Crippen LogP contribution in [0.1, 0.15) is 5.56 Å². The number of halogens is 1. The van der Waals surface area contributed by atoms with Crippen LogP contribution < -0.4 is 5.56 Å². The molecular formula is C18H15FN2OS. The molecule has 0 atom stereocenters. The lowest BCUT2D eigenvalue weighted by atomic mass is 10.1. The van der Waals surface area contributed by atoms with Crippen LogP contribution in [-0.4, -0.2) is 16.0 Å². The Morgan fingerprint density at radius 2 is 1.78 bits per heavy atom. The Kier molecular flexibility index (Phi) is 4.57. The number of thioether (sulfide) groups is 1. The second kappa shape index (κ2) is 6.79. The molecule has 3 nitrogen and oxygen atoms in total. The van der Waals surface area contributed by atoms with Gasteiger partial charge in [0.1, 0.15) is 5.82 Å². The second-order valence-corrected chi connectivity index (χ2v) is 5.91. The zero-order valence-electron chi connectivity index (χ0n) is 12.6. The summed E-state index contributed by atoms with van der Waals surface area (Å²) >= 11 is 1.66. The summed E-state index contributed by atoms with van der Waals surface area (Å²) < 4.78 is 15.1. The van der Waals surface area contributed by atoms with E-state index in [2.05, 4.69) is 5.10 Å². The highest BCUT2D eigenvalue weighted by Gasteiger charge is 2.07. The number of rotatable bonds is 4. The minimum Gasteiger partial charge on any atom is -0.268 e. The molecule has 0 fully saturated rings. The van der Waals surface area contributed by atoms with E-state index in [9.17, 15) is 9.18 Å². The van der Waals surface area contributed by atoms with Crippen molar-refractivity contribution in [2.75, 3.05) is 6.26 Å². The highest BCUT2D eigenvalue weighted by molar-refractivity contribution is 7.98. The average Bonchev–Trinajstić information content (AvgIpc) is 2.59. The molecule has 0 aliphatic rings. The van der Waals surface area contributed by atoms with Crippen LogP contribution >= 0.6 is 11.8 Å². The maximum Gasteiger partial charge on any atom is 0.267 e. The minimum absolute atomic E-state index is 0.113. The smallest absolute Gasteiger partial charge is 0.267 e. The maximum absolute atomic E-state index is 13.8. The molecule has 2 aromatic carbocycles. The molecule has 0 saturated carbocycles. The van der Waals surface area contributed by atoms with E-state index in [1.165, 1.54) is 16.8 Å². The lowest BCUT2D eigenvalue weighted by Gasteiger charge is -2.08. The summed E-state index contributed by atoms with van der Waals surface area (Å²) in [6.07, 6.45) is 2.02. The fraction of sp³-hybridized carbons (Fsp3) is 0.111. The van der Waals surface area contributed by atoms with Crippen LogP contribution in [0.15, 0.2) is 70.4 Å². The van der Waals surface area contributed by atoms with Gasteiger partial charge >= 0.3 is 0 Å². The second-order valence-electron chi connectivity index (χ2n) is 5.03. The minimum atomic E-state index is -0.337. The van der Waals surface area contributed by atoms with Gasteiger partial charge in [0, 0.05) is 22.1 Å². The van der Waals surface area contributed by atoms with E-state index in [1.54, 1.807) is 36.0 Å². The number of aromatic nitrogens is 2. The monoisotopic (exact) mass is 326 g/mol. The first-order chi connectivity index (χ1) is 11.2. The van der Waals surface area contributed by atoms with E-state index in [-0.39, 0.29) is 17.9 Å². The van der Waals surface area contributed by atoms with Crippen LogP contribution in [0, 0.1) is 5.82 Å². The quantitative estimate of drug-likeness (QED) is 0.684. The molecule has 0 amide bonds. The van der Waals surface area contributed by atoms with Gasteiger partial charge in [-0.1, -0.05) is 30.3 Å². The van der Waals surface area contributed by atoms with Crippen LogP contribution in [0.4, 0.5) is 4.39 Å². The van der Waals surface area contributed by atoms with Gasteiger partial charge in [0.05, 0.1) is 12.2 Å². The highest BCUT2D eigenvalue weighted by atomic mass is 32.2. The molecule has 0 bridgehead atoms. The SMILES string of the molecule is CSc1ccc(-c2ccc(=O)n(Cc3ccccc3F)n2)cc1. The van der Waals surface area contributed by atoms with Gasteiger partial charge in [-0.05, 0) is 30.5 Å². The number of nitrogens with zero attached hydrogens (tertiary/aromatic N) is 2. The summed E-state index contributed by atoms with van der Waals surface area (Å²) in [5.41, 5.74) is 1.80. The van der Waals surface area contributed by atoms with Crippen molar-refractivity contribution in [2.45, 2.75) is 11.4 Å². The average molecular weight is 326 g/mol. The van der Waals surface area contributed by atoms with E-state index in [1.807, 2.05) is 30.5 Å². The molecule has 0 saturated heterocycles. The molecule has 0 spiro atoms. The molecule has 23 heavy (non-hydrogen) atoms. The van der Waals surface area contributed by atoms with E-state index in [0.717, 1.165) is 10.5 Å². The molecular weight excluding hydrogens is 311 g/mol. The van der Waals surface area contributed by atoms with Gasteiger partial charge in [-0.2, -0.15) is 5.10 Å². The van der Waals surface area contributed by atoms with Crippen LogP contribution in [0.25, 0.3) is 11.3 Å². The maximum atomic E-state index is 13.8. The summed E-state index contributed by atoms with van der Waals surface area (Å²) in [6.45, 7) is 0.113. The first-order valence-corrected chi connectivity index (χ1v) is 8.36. The van der Waals surface area contributed by atoms with Crippen molar-refractivity contribution in [3.63, 3.8) is 0 Å². The molecule has 0 radical (unpaired) electrons. The number of hydrogen-bond donors (Lipinski definition) is 0. The summed E-state index contributed by atoms with van der Waals surface area (Å²) in [4.78, 5) is 13.2. The predicted octanol–water partition coefficient (Wildman–Crippen LogP) is 3.82. The first kappa shape index (κ1) is 15.5. The van der Waals surface area contributed by atoms with E-state index in [4.69, 9.17) is 0 Å². The fourth-order valence-electron chi connectivity index (χ4n) is 2.27. The summed E-state index contributed by atoms with van der Waals surface area (Å²) in [7, 11) is 0. The molecule has 1 heterocycles. The largest absolute Gasteiger partial charge is 0.268 e. The summed E-state index contributed by atoms with van der Waals surface area (Å²) in [5.74, 6) is -0.337. The zero-order valence-corrected chi connectivity index (χ0v) is 13.4. The van der Waals surface area contributed by atoms with E-state index < -0.39 is 0 Å². The Hall–Kier alpha value is -2.40. The van der Waals surface area contributed by atoms with Gasteiger partial charge in [0.15, 0.2) is 0 Å². The van der Waals surface area contributed by atoms with Crippen LogP contribution in [0.2, 0.25) is 0 Å². The fourth-order valence-corrected chi connectivity index (χ4v) is 2.67. The van der Waals surface area contributed by atoms with Gasteiger partial charge in [0.25, 0.3) is 5.56 Å². The molecule has 3 rings (SSSR count). The Labute approximate surface area is 137 Å². The van der Waals surface area contributed by atoms with Gasteiger partial charge < -0.3 is 0 Å². The van der Waals surface area contributed by atoms with Gasteiger partial charge in [0.2, 0.25) is 0 Å². The van der Waals surface area contributed by atoms with Crippen molar-refractivity contribution < 1.29 is 4.39 Å². The van der Waals surface area contributed by atoms with Gasteiger partial charge in [-0.25, -0.2) is 9.07 Å². The third-order valence-electron chi connectivity index (χ3n) is 3.53. The molecule has 3 aromatic rings. The Balaban J connectivity index is 1.95. The predicted molar refractivity (Wildman–Crippen MR) is 91.2 cm³/mol. The van der Waals surface area contributed by atoms with Crippen molar-refractivity contribution in [3.05, 3.63) is 82.4 Å². The van der Waals surface area contributed by atoms with E-state index >= 15 is 0 Å². The van der Waals surface area contributed by atoms with Gasteiger partial charge in [-0.3, -0.25) is 4.79 Å². The zero-order chi connectivity index (χ0) is 16.2. The van der Waals surface area contributed by atoms with Crippen molar-refractivity contribution in [3.8, 4) is 11.3 Å². The molecule has 0 unspecified atom stereocenters. The van der Waals surface area contributed by atoms with E-state index in [0.29, 0.717) is 11.3 Å². The lowest BCUT2D eigenvalue weighted by Crippen LogP contribution is -2.23. The van der Waals surface area contributed by atoms with Crippen molar-refractivity contribution in [1.29, 1.82) is 0 Å². The Morgan fingerprint density at radius 1 is 1.04 bits per heavy atom. The molecule has 116 valence electrons. The van der Waals surface area contributed by atoms with Crippen LogP contribution in [0.3, 0.4) is 0 Å². The summed E-state index contributed by atoms with van der Waals surface area (Å²) in [5, 5.41) is 4.37. The molecule has 0 N–H and O–H groups in total. The Morgan fingerprint density at radius 3 is 2.48 bits per heavy atom. The third kappa shape index (κ3) is 3.51. The normalized spacial score (nSPS) is 10.7. The number of benzene rings is 2. The summed E-state index contributed by atoms with van der Waals surface area (Å²) in [6, 6.07) is 17.5. The number of hydrogen-bond acceptors (Lipinski definition) is 3. The van der Waals surface area contributed by atoms with Crippen molar-refractivity contribution in [1.82, 2.24) is 9.78 Å². The highest BCUT2D eigenvalue weighted by Crippen LogP contribution is 2.21. The third-order valence-corrected chi connectivity index (χ3v) is 4.27. The molecule has 5 heteroatoms. The first-order valence-electron chi connectivity index (χ1n) is 7.13. The van der Waals surface area contributed by atoms with Gasteiger partial charge in [-0.15, -0.1) is 11.8 Å². The topological polar surface area (TPSA) is 34.9 Å². The standard InChI is InChI=1S/C18H15FN2OS/c1-23-15-8-6-13(7-9-15)17-10-11-18(22)21(20-17)12-14-4-2-3-5-16(14)19/h2-11H,12H2,1H3. The molecule has 1 aromatic heterocycles. The van der Waals surface area contributed by atoms with Crippen molar-refractivity contribution >= 4 is 11.8 Å². The molecule has 0 aliphatic carbocycles. The Bertz CT molecular complexity index is 875. The molecule has 0 aliphatic heterocycles.